The number of Topliss-reactive ketones (excluding diaryl/α,β-unsaturated/α-hetero) is 4. The molecule has 0 radical (unpaired) electrons. The molecule has 30 nitrogen and oxygen atoms in total. The van der Waals surface area contributed by atoms with Gasteiger partial charge < -0.3 is 74.9 Å². The van der Waals surface area contributed by atoms with Crippen LogP contribution < -0.4 is 59.7 Å². The highest BCUT2D eigenvalue weighted by Crippen LogP contribution is 2.29. The Bertz CT molecular complexity index is 4770. The van der Waals surface area contributed by atoms with E-state index in [1.165, 1.54) is 4.68 Å². The molecule has 7 aromatic rings. The lowest BCUT2D eigenvalue weighted by molar-refractivity contribution is -0.144. The molecule has 5 aromatic carbocycles. The van der Waals surface area contributed by atoms with Crippen molar-refractivity contribution in [1.29, 1.82) is 0 Å². The number of unbranched alkanes of at least 4 members (excludes halogenated alkanes) is 2. The van der Waals surface area contributed by atoms with Crippen molar-refractivity contribution in [2.45, 2.75) is 224 Å². The normalized spacial score (nSPS) is 14.4. The van der Waals surface area contributed by atoms with Crippen LogP contribution in [0.1, 0.15) is 170 Å². The van der Waals surface area contributed by atoms with Crippen molar-refractivity contribution in [2.24, 2.45) is 46.8 Å². The third kappa shape index (κ3) is 32.6. The monoisotopic (exact) mass is 1700 g/mol. The van der Waals surface area contributed by atoms with Gasteiger partial charge in [0.1, 0.15) is 29.7 Å². The van der Waals surface area contributed by atoms with Gasteiger partial charge in [-0.25, -0.2) is 0 Å². The van der Waals surface area contributed by atoms with Crippen LogP contribution in [0.4, 0.5) is 0 Å². The zero-order valence-electron chi connectivity index (χ0n) is 71.7. The quantitative estimate of drug-likeness (QED) is 0.0133. The summed E-state index contributed by atoms with van der Waals surface area (Å²) < 4.78 is 1.51. The lowest BCUT2D eigenvalue weighted by Gasteiger charge is -2.27. The van der Waals surface area contributed by atoms with E-state index in [4.69, 9.17) is 17.2 Å². The molecule has 8 rings (SSSR count). The van der Waals surface area contributed by atoms with Crippen molar-refractivity contribution in [3.8, 4) is 0 Å². The second-order valence-corrected chi connectivity index (χ2v) is 33.3. The first-order valence-electron chi connectivity index (χ1n) is 43.0. The number of hydrogen-bond donors (Lipinski definition) is 14. The summed E-state index contributed by atoms with van der Waals surface area (Å²) in [6, 6.07) is 34.6. The second-order valence-electron chi connectivity index (χ2n) is 33.3. The van der Waals surface area contributed by atoms with Gasteiger partial charge in [-0.05, 0) is 141 Å². The summed E-state index contributed by atoms with van der Waals surface area (Å²) in [5.41, 5.74) is 24.9. The number of aliphatic carboxylic acids is 1. The van der Waals surface area contributed by atoms with Gasteiger partial charge in [-0.2, -0.15) is 0 Å². The molecular formula is C94H123N15O15. The molecule has 1 unspecified atom stereocenters. The van der Waals surface area contributed by atoms with Gasteiger partial charge in [-0.15, -0.1) is 5.10 Å². The van der Waals surface area contributed by atoms with Crippen molar-refractivity contribution >= 4 is 93.3 Å². The number of carbonyl (C=O) groups excluding carboxylic acids is 12. The highest BCUT2D eigenvalue weighted by atomic mass is 16.4. The number of aromatic amines is 1. The molecule has 11 atom stereocenters. The van der Waals surface area contributed by atoms with Crippen molar-refractivity contribution in [2.75, 3.05) is 19.6 Å². The lowest BCUT2D eigenvalue weighted by atomic mass is 9.86. The minimum Gasteiger partial charge on any atom is -0.511 e. The Morgan fingerprint density at radius 3 is 1.65 bits per heavy atom. The maximum absolute atomic E-state index is 15.1. The summed E-state index contributed by atoms with van der Waals surface area (Å²) in [5.74, 6) is -11.8. The topological polar surface area (TPSA) is 483 Å². The molecule has 0 fully saturated rings. The van der Waals surface area contributed by atoms with Crippen molar-refractivity contribution in [1.82, 2.24) is 62.5 Å². The van der Waals surface area contributed by atoms with Crippen LogP contribution in [0.25, 0.3) is 17.0 Å². The molecule has 664 valence electrons. The van der Waals surface area contributed by atoms with Gasteiger partial charge in [-0.3, -0.25) is 67.0 Å². The van der Waals surface area contributed by atoms with Crippen LogP contribution in [0.5, 0.6) is 0 Å². The molecule has 0 saturated heterocycles. The van der Waals surface area contributed by atoms with E-state index < -0.39 is 150 Å². The number of carboxylic acid groups (broad SMARTS) is 1. The number of nitrogens with one attached hydrogen (secondary N) is 9. The first kappa shape index (κ1) is 97.3. The Kier molecular flexibility index (Phi) is 39.1. The smallest absolute Gasteiger partial charge is 0.306 e. The standard InChI is InChI=1S/C94H123N15O15/c1-7-73(96)82(111)37-38-86(115)101-77(42-59(4)5)84(113)51-69(41-58(2)3)88(117)103-78(46-62-27-13-9-14-28-62)85(114)52-70(43-61-25-11-8-12-26-61)89(118)102-76(36-21-23-39-95)83(112)50-68(94(123)124)34-22-24-40-109-57-72(107-108-109)53-74(97)90(119)104-79(47-63-29-15-10-16-30-63)92(121)105-80(48-64-44-65-31-17-18-32-66(65)45-64)93(122)106-81(91(120)99-56-87(116)98-55-60(6)110)54-71-49-67-33-19-20-35-75(67)100-71/h8-20,25-33,35,44,49,57-59,68-70,73-74,76-81,100,110H,6-7,21-24,34,36-43,45-48,50-56,95-97H2,1-5H3,(H,98,116)(H,99,120)(H,101,115)(H,102,118)(H,103,117)(H,104,119)(H,105,121)(H,106,122)(H,123,124)/t68-,69-,70-,73+,74+,76+,77+,78?,79+,80+,81+/m0/s1. The van der Waals surface area contributed by atoms with Gasteiger partial charge in [0.15, 0.2) is 17.3 Å². The van der Waals surface area contributed by atoms with Gasteiger partial charge in [0.05, 0.1) is 54.9 Å². The summed E-state index contributed by atoms with van der Waals surface area (Å²) in [5, 5.41) is 51.8. The molecule has 8 amide bonds. The number of aliphatic hydroxyl groups excluding tert-OH is 1. The molecule has 1 aliphatic rings. The number of aliphatic hydroxyl groups is 1. The van der Waals surface area contributed by atoms with Crippen molar-refractivity contribution in [3.05, 3.63) is 209 Å². The number of amides is 8. The summed E-state index contributed by atoms with van der Waals surface area (Å²) in [4.78, 5) is 187. The lowest BCUT2D eigenvalue weighted by Crippen LogP contribution is -2.59. The van der Waals surface area contributed by atoms with Crippen molar-refractivity contribution in [3.63, 3.8) is 0 Å². The largest absolute Gasteiger partial charge is 0.511 e. The van der Waals surface area contributed by atoms with Crippen LogP contribution in [0.15, 0.2) is 170 Å². The average Bonchev–Trinajstić information content (AvgIpc) is 1.62. The number of nitrogens with zero attached hydrogens (tertiary/aromatic N) is 3. The predicted octanol–water partition coefficient (Wildman–Crippen LogP) is 7.13. The Balaban J connectivity index is 0.906. The summed E-state index contributed by atoms with van der Waals surface area (Å²) >= 11 is 0. The highest BCUT2D eigenvalue weighted by Gasteiger charge is 2.38. The number of H-pyrrole nitrogens is 1. The summed E-state index contributed by atoms with van der Waals surface area (Å²) in [6.45, 7) is 12.5. The highest BCUT2D eigenvalue weighted by molar-refractivity contribution is 5.99. The van der Waals surface area contributed by atoms with E-state index in [0.29, 0.717) is 66.6 Å². The van der Waals surface area contributed by atoms with Gasteiger partial charge in [-0.1, -0.05) is 198 Å². The zero-order chi connectivity index (χ0) is 89.8. The molecular weight excluding hydrogens is 1580 g/mol. The van der Waals surface area contributed by atoms with Gasteiger partial charge in [0, 0.05) is 87.2 Å². The molecule has 2 heterocycles. The number of carboxylic acids is 1. The molecule has 30 heteroatoms. The third-order valence-electron chi connectivity index (χ3n) is 22.0. The fourth-order valence-electron chi connectivity index (χ4n) is 15.2. The van der Waals surface area contributed by atoms with Gasteiger partial charge in [0.25, 0.3) is 0 Å². The number of nitrogens with two attached hydrogens (primary N) is 3. The van der Waals surface area contributed by atoms with E-state index in [-0.39, 0.29) is 132 Å². The van der Waals surface area contributed by atoms with E-state index in [9.17, 15) is 67.7 Å². The van der Waals surface area contributed by atoms with E-state index in [0.717, 1.165) is 27.6 Å². The Labute approximate surface area is 724 Å². The Morgan fingerprint density at radius 1 is 0.492 bits per heavy atom. The minimum absolute atomic E-state index is 0.000361. The Morgan fingerprint density at radius 2 is 1.03 bits per heavy atom. The number of hydrogen-bond acceptors (Lipinski definition) is 19. The van der Waals surface area contributed by atoms with Gasteiger partial charge in [0.2, 0.25) is 47.3 Å². The van der Waals surface area contributed by atoms with E-state index in [2.05, 4.69) is 64.4 Å². The van der Waals surface area contributed by atoms with Crippen LogP contribution in [-0.4, -0.2) is 175 Å². The second kappa shape index (κ2) is 49.8. The number of carbonyl (C=O) groups is 13. The number of benzene rings is 5. The number of para-hydroxylation sites is 1. The predicted molar refractivity (Wildman–Crippen MR) is 471 cm³/mol. The SMILES string of the molecule is C=C(O)CNC(=O)CNC(=O)[C@@H](Cc1cc2ccccc2[nH]1)NC(=O)[C@@H](CC1=Cc2ccccc2C1)NC(=O)[C@@H](Cc1ccccc1)NC(=O)[C@H](N)Cc1cn(CCCC[C@@H](CC(=O)[C@@H](CCCCN)NC(=O)[C@H](CC(=O)C(Cc2ccccc2)NC(=O)[C@H](CC(=O)[C@@H](CC(C)C)NC(=O)CCC(=O)[C@H](N)CC)CC(C)C)Cc2ccccc2)C(=O)O)nn1. The minimum atomic E-state index is -1.32. The molecule has 2 aromatic heterocycles. The molecule has 17 N–H and O–H groups in total. The molecule has 0 aliphatic heterocycles. The van der Waals surface area contributed by atoms with E-state index >= 15 is 4.79 Å². The van der Waals surface area contributed by atoms with Crippen LogP contribution in [0.2, 0.25) is 0 Å². The molecule has 0 saturated carbocycles. The molecule has 0 spiro atoms. The molecule has 0 bridgehead atoms. The number of rotatable bonds is 56. The van der Waals surface area contributed by atoms with Crippen LogP contribution in [0, 0.1) is 29.6 Å². The average molecular weight is 1700 g/mol. The van der Waals surface area contributed by atoms with Crippen LogP contribution in [0.3, 0.4) is 0 Å². The van der Waals surface area contributed by atoms with Gasteiger partial charge >= 0.3 is 5.97 Å². The maximum Gasteiger partial charge on any atom is 0.306 e. The van der Waals surface area contributed by atoms with Crippen LogP contribution in [-0.2, 0) is 107 Å². The Hall–Kier alpha value is -12.2. The van der Waals surface area contributed by atoms with Crippen molar-refractivity contribution < 1.29 is 72.5 Å². The molecule has 124 heavy (non-hydrogen) atoms. The first-order chi connectivity index (χ1) is 59.4. The summed E-state index contributed by atoms with van der Waals surface area (Å²) in [7, 11) is 0. The third-order valence-corrected chi connectivity index (χ3v) is 22.0. The first-order valence-corrected chi connectivity index (χ1v) is 43.0. The molecule has 1 aliphatic carbocycles. The van der Waals surface area contributed by atoms with Crippen LogP contribution >= 0.6 is 0 Å². The number of aryl methyl sites for hydroxylation is 1. The number of ketones is 4. The number of fused-ring (bicyclic) bond motifs is 2. The maximum atomic E-state index is 15.1. The fourth-order valence-corrected chi connectivity index (χ4v) is 15.2. The van der Waals surface area contributed by atoms with E-state index in [1.807, 2.05) is 94.4 Å². The zero-order valence-corrected chi connectivity index (χ0v) is 71.7. The summed E-state index contributed by atoms with van der Waals surface area (Å²) in [6.07, 6.45) is 5.17. The van der Waals surface area contributed by atoms with E-state index in [1.54, 1.807) is 98.0 Å². The fraction of sp³-hybridized carbons (Fsp3) is 0.457. The number of aromatic nitrogens is 4.